The molecule has 0 saturated carbocycles. The summed E-state index contributed by atoms with van der Waals surface area (Å²) in [5.74, 6) is 0.584. The molecule has 43 heavy (non-hydrogen) atoms. The highest BCUT2D eigenvalue weighted by Crippen LogP contribution is 2.26. The first-order valence-electron chi connectivity index (χ1n) is 14.2. The van der Waals surface area contributed by atoms with Gasteiger partial charge in [-0.25, -0.2) is 19.2 Å². The largest absolute Gasteiger partial charge is 0.484 e. The zero-order valence-corrected chi connectivity index (χ0v) is 24.9. The van der Waals surface area contributed by atoms with Crippen LogP contribution in [0.1, 0.15) is 41.1 Å². The standard InChI is InChI=1S/C31H31Cl2FN4O5/c32-19-42-31(39)20-4-6-26-27(14-20)38(16-24-10-13-40-24)29(36-26)17-37-11-8-23(9-12-37)43-30-3-1-2-22(35-30)18-41-28-7-5-21(33)15-25(28)34/h1-7,14-15,23-24H,8-13,16-19H2/t24-/m0/s1. The Labute approximate surface area is 258 Å². The minimum atomic E-state index is -0.518. The third-order valence-electron chi connectivity index (χ3n) is 7.67. The number of piperidine rings is 1. The Morgan fingerprint density at radius 1 is 1.07 bits per heavy atom. The zero-order valence-electron chi connectivity index (χ0n) is 23.4. The van der Waals surface area contributed by atoms with Crippen molar-refractivity contribution in [3.05, 3.63) is 82.5 Å². The second-order valence-electron chi connectivity index (χ2n) is 10.6. The molecule has 2 aromatic heterocycles. The normalized spacial score (nSPS) is 17.5. The average molecular weight is 630 g/mol. The van der Waals surface area contributed by atoms with Gasteiger partial charge in [0.05, 0.1) is 41.5 Å². The van der Waals surface area contributed by atoms with Crippen molar-refractivity contribution in [1.29, 1.82) is 0 Å². The fourth-order valence-electron chi connectivity index (χ4n) is 5.29. The Bertz CT molecular complexity index is 1590. The fourth-order valence-corrected chi connectivity index (χ4v) is 5.55. The summed E-state index contributed by atoms with van der Waals surface area (Å²) in [7, 11) is 0. The average Bonchev–Trinajstić information content (AvgIpc) is 3.31. The summed E-state index contributed by atoms with van der Waals surface area (Å²) < 4.78 is 38.7. The summed E-state index contributed by atoms with van der Waals surface area (Å²) in [6, 6.07) is 15.0. The molecule has 12 heteroatoms. The number of esters is 1. The Morgan fingerprint density at radius 2 is 1.91 bits per heavy atom. The molecule has 6 rings (SSSR count). The van der Waals surface area contributed by atoms with Gasteiger partial charge in [0.1, 0.15) is 18.5 Å². The van der Waals surface area contributed by atoms with Gasteiger partial charge in [-0.2, -0.15) is 0 Å². The van der Waals surface area contributed by atoms with E-state index in [1.807, 2.05) is 30.3 Å². The highest BCUT2D eigenvalue weighted by atomic mass is 35.5. The molecule has 0 amide bonds. The Morgan fingerprint density at radius 3 is 2.65 bits per heavy atom. The maximum Gasteiger partial charge on any atom is 0.339 e. The van der Waals surface area contributed by atoms with Crippen LogP contribution in [0, 0.1) is 5.82 Å². The molecule has 0 unspecified atom stereocenters. The van der Waals surface area contributed by atoms with Gasteiger partial charge in [0.15, 0.2) is 17.6 Å². The molecule has 9 nitrogen and oxygen atoms in total. The van der Waals surface area contributed by atoms with Crippen molar-refractivity contribution < 1.29 is 28.1 Å². The Hall–Kier alpha value is -3.44. The summed E-state index contributed by atoms with van der Waals surface area (Å²) in [4.78, 5) is 24.1. The molecule has 1 atom stereocenters. The van der Waals surface area contributed by atoms with E-state index in [4.69, 9.17) is 47.1 Å². The summed E-state index contributed by atoms with van der Waals surface area (Å²) in [6.07, 6.45) is 2.81. The predicted molar refractivity (Wildman–Crippen MR) is 159 cm³/mol. The van der Waals surface area contributed by atoms with Crippen molar-refractivity contribution in [2.24, 2.45) is 0 Å². The molecule has 2 fully saturated rings. The Balaban J connectivity index is 1.07. The molecule has 0 aliphatic carbocycles. The molecular weight excluding hydrogens is 598 g/mol. The van der Waals surface area contributed by atoms with Crippen molar-refractivity contribution in [2.75, 3.05) is 25.8 Å². The fraction of sp³-hybridized carbons (Fsp3) is 0.387. The maximum absolute atomic E-state index is 14.0. The van der Waals surface area contributed by atoms with E-state index in [1.165, 1.54) is 12.1 Å². The van der Waals surface area contributed by atoms with Crippen LogP contribution in [0.3, 0.4) is 0 Å². The molecule has 4 heterocycles. The number of likely N-dealkylation sites (tertiary alicyclic amines) is 1. The first kappa shape index (κ1) is 29.6. The highest BCUT2D eigenvalue weighted by molar-refractivity contribution is 6.30. The lowest BCUT2D eigenvalue weighted by Crippen LogP contribution is -2.39. The number of benzene rings is 2. The molecule has 4 aromatic rings. The molecule has 2 aromatic carbocycles. The molecule has 0 N–H and O–H groups in total. The van der Waals surface area contributed by atoms with E-state index in [9.17, 15) is 9.18 Å². The summed E-state index contributed by atoms with van der Waals surface area (Å²) >= 11 is 11.4. The van der Waals surface area contributed by atoms with Gasteiger partial charge in [0, 0.05) is 30.8 Å². The number of imidazole rings is 1. The SMILES string of the molecule is O=C(OCCl)c1ccc2nc(CN3CCC(Oc4cccc(COc5ccc(Cl)cc5F)n4)CC3)n(C[C@@H]3CCO3)c2c1. The van der Waals surface area contributed by atoms with Crippen molar-refractivity contribution >= 4 is 40.2 Å². The van der Waals surface area contributed by atoms with Gasteiger partial charge in [-0.05, 0) is 61.7 Å². The maximum atomic E-state index is 14.0. The van der Waals surface area contributed by atoms with E-state index in [2.05, 4.69) is 14.5 Å². The number of rotatable bonds is 11. The number of nitrogens with zero attached hydrogens (tertiary/aromatic N) is 4. The predicted octanol–water partition coefficient (Wildman–Crippen LogP) is 5.99. The van der Waals surface area contributed by atoms with Crippen LogP contribution in [0.2, 0.25) is 5.02 Å². The minimum Gasteiger partial charge on any atom is -0.484 e. The van der Waals surface area contributed by atoms with Gasteiger partial charge in [-0.3, -0.25) is 4.90 Å². The van der Waals surface area contributed by atoms with Crippen molar-refractivity contribution in [3.63, 3.8) is 0 Å². The number of carbonyl (C=O) groups excluding carboxylic acids is 1. The van der Waals surface area contributed by atoms with E-state index < -0.39 is 11.8 Å². The van der Waals surface area contributed by atoms with Crippen LogP contribution in [-0.4, -0.2) is 63.4 Å². The molecule has 2 saturated heterocycles. The van der Waals surface area contributed by atoms with Crippen LogP contribution < -0.4 is 9.47 Å². The van der Waals surface area contributed by atoms with Gasteiger partial charge in [-0.1, -0.05) is 29.3 Å². The van der Waals surface area contributed by atoms with Gasteiger partial charge in [-0.15, -0.1) is 0 Å². The molecule has 0 radical (unpaired) electrons. The molecule has 0 spiro atoms. The minimum absolute atomic E-state index is 0.0197. The molecule has 2 aliphatic rings. The lowest BCUT2D eigenvalue weighted by molar-refractivity contribution is -0.0592. The number of hydrogen-bond acceptors (Lipinski definition) is 8. The van der Waals surface area contributed by atoms with Gasteiger partial charge >= 0.3 is 5.97 Å². The number of fused-ring (bicyclic) bond motifs is 1. The molecule has 2 aliphatic heterocycles. The lowest BCUT2D eigenvalue weighted by Gasteiger charge is -2.32. The number of alkyl halides is 1. The van der Waals surface area contributed by atoms with Crippen molar-refractivity contribution in [2.45, 2.75) is 51.2 Å². The number of ether oxygens (including phenoxy) is 4. The van der Waals surface area contributed by atoms with Crippen LogP contribution >= 0.6 is 23.2 Å². The second kappa shape index (κ2) is 13.5. The lowest BCUT2D eigenvalue weighted by atomic mass is 10.1. The number of pyridine rings is 1. The number of carbonyl (C=O) groups is 1. The van der Waals surface area contributed by atoms with Crippen LogP contribution in [0.25, 0.3) is 11.0 Å². The second-order valence-corrected chi connectivity index (χ2v) is 11.2. The zero-order chi connectivity index (χ0) is 29.8. The van der Waals surface area contributed by atoms with Crippen LogP contribution in [0.5, 0.6) is 11.6 Å². The first-order chi connectivity index (χ1) is 20.9. The Kier molecular flexibility index (Phi) is 9.28. The third kappa shape index (κ3) is 7.21. The third-order valence-corrected chi connectivity index (χ3v) is 8.01. The molecule has 0 bridgehead atoms. The van der Waals surface area contributed by atoms with Crippen LogP contribution in [0.4, 0.5) is 4.39 Å². The van der Waals surface area contributed by atoms with Gasteiger partial charge < -0.3 is 23.5 Å². The highest BCUT2D eigenvalue weighted by Gasteiger charge is 2.26. The summed E-state index contributed by atoms with van der Waals surface area (Å²) in [6.45, 7) is 3.88. The number of hydrogen-bond donors (Lipinski definition) is 0. The smallest absolute Gasteiger partial charge is 0.339 e. The van der Waals surface area contributed by atoms with Crippen LogP contribution in [-0.2, 0) is 29.2 Å². The van der Waals surface area contributed by atoms with E-state index in [1.54, 1.807) is 12.1 Å². The van der Waals surface area contributed by atoms with E-state index in [0.717, 1.165) is 55.8 Å². The number of aromatic nitrogens is 3. The first-order valence-corrected chi connectivity index (χ1v) is 15.1. The monoisotopic (exact) mass is 628 g/mol. The summed E-state index contributed by atoms with van der Waals surface area (Å²) in [5.41, 5.74) is 2.78. The van der Waals surface area contributed by atoms with Crippen molar-refractivity contribution in [1.82, 2.24) is 19.4 Å². The van der Waals surface area contributed by atoms with Gasteiger partial charge in [0.2, 0.25) is 5.88 Å². The van der Waals surface area contributed by atoms with E-state index in [0.29, 0.717) is 35.2 Å². The van der Waals surface area contributed by atoms with E-state index >= 15 is 0 Å². The number of halogens is 3. The van der Waals surface area contributed by atoms with Crippen molar-refractivity contribution in [3.8, 4) is 11.6 Å². The van der Waals surface area contributed by atoms with Crippen LogP contribution in [0.15, 0.2) is 54.6 Å². The topological polar surface area (TPSA) is 87.9 Å². The molecular formula is C31H31Cl2FN4O5. The summed E-state index contributed by atoms with van der Waals surface area (Å²) in [5, 5.41) is 0.312. The van der Waals surface area contributed by atoms with Gasteiger partial charge in [0.25, 0.3) is 0 Å². The van der Waals surface area contributed by atoms with E-state index in [-0.39, 0.29) is 30.6 Å². The quantitative estimate of drug-likeness (QED) is 0.148. The molecule has 226 valence electrons.